The predicted octanol–water partition coefficient (Wildman–Crippen LogP) is 9.66. The van der Waals surface area contributed by atoms with E-state index < -0.39 is 0 Å². The Morgan fingerprint density at radius 2 is 0.731 bits per heavy atom. The minimum atomic E-state index is 0.183. The third-order valence-corrected chi connectivity index (χ3v) is 7.78. The highest BCUT2D eigenvalue weighted by Crippen LogP contribution is 2.32. The van der Waals surface area contributed by atoms with E-state index in [1.165, 1.54) is 0 Å². The van der Waals surface area contributed by atoms with Gasteiger partial charge in [0.1, 0.15) is 12.7 Å². The van der Waals surface area contributed by atoms with Crippen LogP contribution < -0.4 is 10.6 Å². The summed E-state index contributed by atoms with van der Waals surface area (Å²) in [5, 5.41) is 6.95. The van der Waals surface area contributed by atoms with Crippen LogP contribution in [0.5, 0.6) is 0 Å². The van der Waals surface area contributed by atoms with E-state index in [1.807, 2.05) is 61.2 Å². The number of hydrogen-bond acceptors (Lipinski definition) is 4. The first kappa shape index (κ1) is 37.5. The van der Waals surface area contributed by atoms with E-state index in [2.05, 4.69) is 148 Å². The quantitative estimate of drug-likeness (QED) is 0.123. The topological polar surface area (TPSA) is 84.4 Å². The summed E-state index contributed by atoms with van der Waals surface area (Å²) in [7, 11) is 0. The maximum atomic E-state index is 4.81. The molecule has 52 heavy (non-hydrogen) atoms. The molecule has 0 fully saturated rings. The van der Waals surface area contributed by atoms with E-state index in [-0.39, 0.29) is 24.2 Å². The molecule has 2 N–H and O–H groups in total. The molecule has 0 aliphatic carbocycles. The van der Waals surface area contributed by atoms with Crippen LogP contribution in [0.2, 0.25) is 0 Å². The lowest BCUT2D eigenvalue weighted by molar-refractivity contribution is 0.697. The van der Waals surface area contributed by atoms with Gasteiger partial charge in [-0.3, -0.25) is 9.13 Å². The summed E-state index contributed by atoms with van der Waals surface area (Å²) in [6.07, 6.45) is 3.72. The van der Waals surface area contributed by atoms with Gasteiger partial charge in [-0.05, 0) is 55.4 Å². The van der Waals surface area contributed by atoms with Gasteiger partial charge in [-0.1, -0.05) is 121 Å². The zero-order valence-corrected chi connectivity index (χ0v) is 31.7. The summed E-state index contributed by atoms with van der Waals surface area (Å²) < 4.78 is 4.13. The molecule has 0 bridgehead atoms. The third kappa shape index (κ3) is 9.72. The van der Waals surface area contributed by atoms with Gasteiger partial charge in [0, 0.05) is 46.4 Å². The van der Waals surface area contributed by atoms with Crippen molar-refractivity contribution in [3.8, 4) is 45.0 Å². The van der Waals surface area contributed by atoms with Crippen molar-refractivity contribution < 1.29 is 0 Å². The number of nitrogens with one attached hydrogen (secondary N) is 2. The number of rotatable bonds is 8. The number of aliphatic imine (C=N–C) groups is 2. The molecule has 0 aliphatic heterocycles. The van der Waals surface area contributed by atoms with Gasteiger partial charge in [-0.2, -0.15) is 0 Å². The van der Waals surface area contributed by atoms with Gasteiger partial charge >= 0.3 is 0 Å². The molecule has 2 heterocycles. The van der Waals surface area contributed by atoms with Crippen LogP contribution >= 0.6 is 0 Å². The average molecular weight is 693 g/mol. The Balaban J connectivity index is 0.000000201. The van der Waals surface area contributed by atoms with E-state index in [0.717, 1.165) is 56.9 Å². The summed E-state index contributed by atoms with van der Waals surface area (Å²) >= 11 is 0. The summed E-state index contributed by atoms with van der Waals surface area (Å²) in [4.78, 5) is 19.1. The Morgan fingerprint density at radius 1 is 0.442 bits per heavy atom. The molecule has 4 aromatic carbocycles. The number of nitrogens with zero attached hydrogens (tertiary/aromatic N) is 6. The van der Waals surface area contributed by atoms with Crippen molar-refractivity contribution in [2.24, 2.45) is 9.98 Å². The standard InChI is InChI=1S/2C22H26N4/c2*1-16(2)24-22(25-17(3)4)26-15-23-20(18-11-7-5-8-12-18)21(26)19-13-9-6-10-14-19/h2*5-17H,1-4H3,(H,24,25). The number of benzene rings is 4. The second kappa shape index (κ2) is 17.9. The van der Waals surface area contributed by atoms with E-state index in [9.17, 15) is 0 Å². The molecule has 0 spiro atoms. The lowest BCUT2D eigenvalue weighted by Gasteiger charge is -2.18. The molecule has 0 saturated carbocycles. The van der Waals surface area contributed by atoms with Gasteiger partial charge in [-0.15, -0.1) is 0 Å². The van der Waals surface area contributed by atoms with Crippen LogP contribution in [0.1, 0.15) is 55.4 Å². The van der Waals surface area contributed by atoms with Crippen LogP contribution in [0.3, 0.4) is 0 Å². The van der Waals surface area contributed by atoms with Gasteiger partial charge in [0.15, 0.2) is 0 Å². The van der Waals surface area contributed by atoms with Crippen molar-refractivity contribution in [1.29, 1.82) is 0 Å². The Hall–Kier alpha value is -5.76. The average Bonchev–Trinajstić information content (AvgIpc) is 3.78. The molecule has 0 unspecified atom stereocenters. The largest absolute Gasteiger partial charge is 0.353 e. The van der Waals surface area contributed by atoms with Gasteiger partial charge < -0.3 is 10.6 Å². The zero-order chi connectivity index (χ0) is 37.0. The summed E-state index contributed by atoms with van der Waals surface area (Å²) in [5.41, 5.74) is 8.43. The maximum Gasteiger partial charge on any atom is 0.204 e. The number of imidazole rings is 2. The fourth-order valence-corrected chi connectivity index (χ4v) is 5.72. The highest BCUT2D eigenvalue weighted by molar-refractivity contribution is 5.92. The van der Waals surface area contributed by atoms with Crippen LogP contribution in [0.25, 0.3) is 45.0 Å². The molecule has 268 valence electrons. The van der Waals surface area contributed by atoms with Gasteiger partial charge in [0.2, 0.25) is 11.9 Å². The molecule has 8 heteroatoms. The van der Waals surface area contributed by atoms with Crippen LogP contribution in [-0.4, -0.2) is 55.2 Å². The second-order valence-corrected chi connectivity index (χ2v) is 13.8. The summed E-state index contributed by atoms with van der Waals surface area (Å²) in [6, 6.07) is 42.2. The van der Waals surface area contributed by atoms with Crippen molar-refractivity contribution in [3.63, 3.8) is 0 Å². The molecule has 0 aliphatic rings. The van der Waals surface area contributed by atoms with E-state index in [1.54, 1.807) is 0 Å². The molecule has 0 radical (unpaired) electrons. The molecule has 0 atom stereocenters. The van der Waals surface area contributed by atoms with Crippen LogP contribution in [0, 0.1) is 0 Å². The fraction of sp³-hybridized carbons (Fsp3) is 0.273. The predicted molar refractivity (Wildman–Crippen MR) is 219 cm³/mol. The molecule has 6 rings (SSSR count). The van der Waals surface area contributed by atoms with Crippen LogP contribution in [0.15, 0.2) is 144 Å². The molecule has 6 aromatic rings. The number of aromatic nitrogens is 4. The van der Waals surface area contributed by atoms with Gasteiger partial charge in [-0.25, -0.2) is 20.0 Å². The van der Waals surface area contributed by atoms with Crippen molar-refractivity contribution in [3.05, 3.63) is 134 Å². The lowest BCUT2D eigenvalue weighted by atomic mass is 10.0. The monoisotopic (exact) mass is 692 g/mol. The fourth-order valence-electron chi connectivity index (χ4n) is 5.72. The number of hydrogen-bond donors (Lipinski definition) is 2. The molecular formula is C44H52N8. The van der Waals surface area contributed by atoms with Crippen molar-refractivity contribution in [2.75, 3.05) is 0 Å². The van der Waals surface area contributed by atoms with E-state index >= 15 is 0 Å². The first-order valence-electron chi connectivity index (χ1n) is 18.2. The maximum absolute atomic E-state index is 4.81. The molecule has 2 aromatic heterocycles. The Morgan fingerprint density at radius 3 is 1.00 bits per heavy atom. The second-order valence-electron chi connectivity index (χ2n) is 13.8. The molecule has 8 nitrogen and oxygen atoms in total. The summed E-state index contributed by atoms with van der Waals surface area (Å²) in [5.74, 6) is 1.65. The van der Waals surface area contributed by atoms with Gasteiger partial charge in [0.05, 0.1) is 22.8 Å². The van der Waals surface area contributed by atoms with Crippen molar-refractivity contribution >= 4 is 11.9 Å². The summed E-state index contributed by atoms with van der Waals surface area (Å²) in [6.45, 7) is 16.8. The molecular weight excluding hydrogens is 641 g/mol. The lowest BCUT2D eigenvalue weighted by Crippen LogP contribution is -2.36. The highest BCUT2D eigenvalue weighted by atomic mass is 15.3. The smallest absolute Gasteiger partial charge is 0.204 e. The SMILES string of the molecule is CC(C)N=C(NC(C)C)n1cnc(-c2ccccc2)c1-c1ccccc1.CC(C)N=C(NC(C)C)n1cnc(-c2ccccc2)c1-c1ccccc1. The Bertz CT molecular complexity index is 1870. The first-order valence-corrected chi connectivity index (χ1v) is 18.2. The Labute approximate surface area is 309 Å². The van der Waals surface area contributed by atoms with Crippen molar-refractivity contribution in [2.45, 2.75) is 79.6 Å². The van der Waals surface area contributed by atoms with Crippen LogP contribution in [-0.2, 0) is 0 Å². The first-order chi connectivity index (χ1) is 25.1. The van der Waals surface area contributed by atoms with Crippen LogP contribution in [0.4, 0.5) is 0 Å². The van der Waals surface area contributed by atoms with E-state index in [4.69, 9.17) is 20.0 Å². The van der Waals surface area contributed by atoms with Gasteiger partial charge in [0.25, 0.3) is 0 Å². The Kier molecular flexibility index (Phi) is 12.9. The normalized spacial score (nSPS) is 12.0. The minimum Gasteiger partial charge on any atom is -0.353 e. The van der Waals surface area contributed by atoms with Crippen molar-refractivity contribution in [1.82, 2.24) is 29.7 Å². The third-order valence-electron chi connectivity index (χ3n) is 7.78. The zero-order valence-electron chi connectivity index (χ0n) is 31.7. The minimum absolute atomic E-state index is 0.183. The molecule has 0 saturated heterocycles. The van der Waals surface area contributed by atoms with E-state index in [0.29, 0.717) is 0 Å². The molecule has 0 amide bonds. The highest BCUT2D eigenvalue weighted by Gasteiger charge is 2.20.